The van der Waals surface area contributed by atoms with E-state index in [2.05, 4.69) is 11.8 Å². The zero-order valence-corrected chi connectivity index (χ0v) is 4.72. The van der Waals surface area contributed by atoms with Crippen molar-refractivity contribution in [2.24, 2.45) is 0 Å². The molecule has 0 saturated carbocycles. The Kier molecular flexibility index (Phi) is 1.26. The van der Waals surface area contributed by atoms with Crippen LogP contribution in [0.4, 0.5) is 0 Å². The highest BCUT2D eigenvalue weighted by atomic mass is 15.3. The van der Waals surface area contributed by atoms with Gasteiger partial charge in [-0.1, -0.05) is 6.92 Å². The summed E-state index contributed by atoms with van der Waals surface area (Å²) >= 11 is 0. The van der Waals surface area contributed by atoms with E-state index in [9.17, 15) is 0 Å². The van der Waals surface area contributed by atoms with Gasteiger partial charge in [0.1, 0.15) is 1.41 Å². The standard InChI is InChI=1S/C5H12N2/c1-2-7-4-3-6-5-7/h6H,2-5H2,1H3/i/hT. The second-order valence-electron chi connectivity index (χ2n) is 1.80. The lowest BCUT2D eigenvalue weighted by atomic mass is 10.6. The monoisotopic (exact) mass is 102 g/mol. The summed E-state index contributed by atoms with van der Waals surface area (Å²) in [5.41, 5.74) is 0. The quantitative estimate of drug-likeness (QED) is 0.496. The van der Waals surface area contributed by atoms with Gasteiger partial charge in [0, 0.05) is 19.8 Å². The number of hydrogen-bond donors (Lipinski definition) is 1. The van der Waals surface area contributed by atoms with Crippen LogP contribution in [-0.4, -0.2) is 31.2 Å². The van der Waals surface area contributed by atoms with Gasteiger partial charge in [0.2, 0.25) is 0 Å². The van der Waals surface area contributed by atoms with E-state index in [0.29, 0.717) is 0 Å². The molecule has 0 aliphatic carbocycles. The topological polar surface area (TPSA) is 15.3 Å². The summed E-state index contributed by atoms with van der Waals surface area (Å²) in [4.78, 5) is 2.24. The van der Waals surface area contributed by atoms with E-state index >= 15 is 0 Å². The van der Waals surface area contributed by atoms with Gasteiger partial charge < -0.3 is 5.31 Å². The summed E-state index contributed by atoms with van der Waals surface area (Å²) in [6.45, 7) is 6.01. The van der Waals surface area contributed by atoms with E-state index in [1.165, 1.54) is 0 Å². The molecule has 7 heavy (non-hydrogen) atoms. The van der Waals surface area contributed by atoms with Gasteiger partial charge in [-0.3, -0.25) is 4.90 Å². The van der Waals surface area contributed by atoms with E-state index in [1.807, 2.05) is 0 Å². The lowest BCUT2D eigenvalue weighted by molar-refractivity contribution is 0.354. The molecule has 42 valence electrons. The van der Waals surface area contributed by atoms with E-state index in [0.717, 1.165) is 26.3 Å². The van der Waals surface area contributed by atoms with Crippen LogP contribution in [0, 0.1) is 0 Å². The molecule has 2 heteroatoms. The predicted octanol–water partition coefficient (Wildman–Crippen LogP) is -0.131. The lowest BCUT2D eigenvalue weighted by Gasteiger charge is -2.07. The third kappa shape index (κ3) is 1.14. The van der Waals surface area contributed by atoms with Crippen molar-refractivity contribution in [3.8, 4) is 0 Å². The van der Waals surface area contributed by atoms with Crippen molar-refractivity contribution in [3.63, 3.8) is 0 Å². The molecule has 1 aliphatic heterocycles. The van der Waals surface area contributed by atoms with Crippen LogP contribution in [0.25, 0.3) is 0 Å². The van der Waals surface area contributed by atoms with Crippen LogP contribution in [0.15, 0.2) is 0 Å². The van der Waals surface area contributed by atoms with Crippen LogP contribution >= 0.6 is 0 Å². The second-order valence-corrected chi connectivity index (χ2v) is 1.80. The molecule has 0 atom stereocenters. The van der Waals surface area contributed by atoms with Crippen molar-refractivity contribution in [2.75, 3.05) is 26.3 Å². The zero-order chi connectivity index (χ0) is 5.98. The van der Waals surface area contributed by atoms with Gasteiger partial charge in [0.15, 0.2) is 0 Å². The van der Waals surface area contributed by atoms with Gasteiger partial charge in [0.05, 0.1) is 0 Å². The first kappa shape index (κ1) is 3.87. The maximum atomic E-state index is 7.16. The van der Waals surface area contributed by atoms with Crippen molar-refractivity contribution >= 4 is 0 Å². The normalized spacial score (nSPS) is 28.4. The number of rotatable bonds is 1. The van der Waals surface area contributed by atoms with Crippen molar-refractivity contribution in [3.05, 3.63) is 0 Å². The zero-order valence-electron chi connectivity index (χ0n) is 5.72. The maximum Gasteiger partial charge on any atom is 0.124 e. The summed E-state index contributed by atoms with van der Waals surface area (Å²) in [6, 6.07) is 0. The van der Waals surface area contributed by atoms with Gasteiger partial charge in [-0.25, -0.2) is 0 Å². The minimum atomic E-state index is 0.830. The van der Waals surface area contributed by atoms with Gasteiger partial charge in [-0.05, 0) is 6.54 Å². The molecule has 1 rings (SSSR count). The van der Waals surface area contributed by atoms with Crippen LogP contribution in [0.3, 0.4) is 0 Å². The number of nitrogens with zero attached hydrogens (tertiary/aromatic N) is 1. The molecule has 0 aromatic rings. The first-order valence-electron chi connectivity index (χ1n) is 3.24. The summed E-state index contributed by atoms with van der Waals surface area (Å²) < 4.78 is 7.16. The van der Waals surface area contributed by atoms with Gasteiger partial charge >= 0.3 is 0 Å². The van der Waals surface area contributed by atoms with E-state index < -0.39 is 0 Å². The molecular formula is C5H12N2. The van der Waals surface area contributed by atoms with Crippen LogP contribution in [0.5, 0.6) is 0 Å². The molecule has 1 fully saturated rings. The molecule has 0 aromatic carbocycles. The Labute approximate surface area is 46.0 Å². The third-order valence-corrected chi connectivity index (χ3v) is 1.32. The minimum absolute atomic E-state index is 0.830. The summed E-state index contributed by atoms with van der Waals surface area (Å²) in [6.07, 6.45) is 0. The minimum Gasteiger partial charge on any atom is -0.303 e. The Bertz CT molecular complexity index is 76.8. The second kappa shape index (κ2) is 2.28. The molecule has 1 aliphatic rings. The van der Waals surface area contributed by atoms with Gasteiger partial charge in [-0.2, -0.15) is 0 Å². The fraction of sp³-hybridized carbons (Fsp3) is 1.00. The molecular weight excluding hydrogens is 88.1 g/mol. The van der Waals surface area contributed by atoms with Crippen LogP contribution in [0.1, 0.15) is 6.92 Å². The van der Waals surface area contributed by atoms with Gasteiger partial charge in [0.25, 0.3) is 0 Å². The summed E-state index contributed by atoms with van der Waals surface area (Å²) in [5, 5.41) is 1.59. The van der Waals surface area contributed by atoms with E-state index in [1.54, 1.807) is 5.31 Å². The Morgan fingerprint density at radius 2 is 2.86 bits per heavy atom. The third-order valence-electron chi connectivity index (χ3n) is 1.32. The highest BCUT2D eigenvalue weighted by Crippen LogP contribution is 1.88. The Hall–Kier alpha value is -0.0800. The van der Waals surface area contributed by atoms with E-state index in [-0.39, 0.29) is 0 Å². The smallest absolute Gasteiger partial charge is 0.124 e. The molecule has 0 radical (unpaired) electrons. The van der Waals surface area contributed by atoms with Crippen LogP contribution in [-0.2, 0) is 0 Å². The first-order chi connectivity index (χ1) is 3.83. The number of nitrogens with one attached hydrogen (secondary N) is 1. The maximum absolute atomic E-state index is 7.16. The average Bonchev–Trinajstić information content (AvgIpc) is 2.14. The molecule has 0 bridgehead atoms. The van der Waals surface area contributed by atoms with Crippen LogP contribution < -0.4 is 5.31 Å². The highest BCUT2D eigenvalue weighted by Gasteiger charge is 2.05. The Balaban J connectivity index is 2.22. The lowest BCUT2D eigenvalue weighted by Crippen LogP contribution is -2.20. The average molecular weight is 102 g/mol. The highest BCUT2D eigenvalue weighted by molar-refractivity contribution is 4.62. The van der Waals surface area contributed by atoms with Crippen molar-refractivity contribution in [1.82, 2.24) is 10.2 Å². The van der Waals surface area contributed by atoms with E-state index in [4.69, 9.17) is 1.41 Å². The molecule has 1 saturated heterocycles. The van der Waals surface area contributed by atoms with Gasteiger partial charge in [-0.15, -0.1) is 0 Å². The number of likely N-dealkylation sites (N-methyl/N-ethyl adjacent to an activating group) is 1. The predicted molar refractivity (Wildman–Crippen MR) is 30.1 cm³/mol. The summed E-state index contributed by atoms with van der Waals surface area (Å²) in [5.74, 6) is 0. The Morgan fingerprint density at radius 1 is 2.00 bits per heavy atom. The molecule has 0 aromatic heterocycles. The molecule has 0 spiro atoms. The van der Waals surface area contributed by atoms with Crippen LogP contribution in [0.2, 0.25) is 1.41 Å². The molecule has 1 heterocycles. The first-order valence-corrected chi connectivity index (χ1v) is 2.79. The largest absolute Gasteiger partial charge is 0.303 e. The fourth-order valence-corrected chi connectivity index (χ4v) is 0.753. The van der Waals surface area contributed by atoms with Crippen molar-refractivity contribution in [2.45, 2.75) is 6.92 Å². The molecule has 1 N–H and O–H groups in total. The Morgan fingerprint density at radius 3 is 3.14 bits per heavy atom. The molecule has 0 unspecified atom stereocenters. The fourth-order valence-electron chi connectivity index (χ4n) is 0.753. The number of hydrogen-bond acceptors (Lipinski definition) is 2. The molecule has 2 nitrogen and oxygen atoms in total. The van der Waals surface area contributed by atoms with Crippen molar-refractivity contribution in [1.29, 1.82) is 0 Å². The van der Waals surface area contributed by atoms with Crippen molar-refractivity contribution < 1.29 is 1.41 Å². The summed E-state index contributed by atoms with van der Waals surface area (Å²) in [7, 11) is 0. The SMILES string of the molecule is [3H]N1CCN(CC)C1. The molecule has 0 amide bonds.